The molecule has 4 heterocycles. The third kappa shape index (κ3) is 4.73. The zero-order valence-electron chi connectivity index (χ0n) is 18.8. The first-order valence-corrected chi connectivity index (χ1v) is 11.0. The predicted octanol–water partition coefficient (Wildman–Crippen LogP) is 1.43. The number of hydrogen-bond acceptors (Lipinski definition) is 8. The van der Waals surface area contributed by atoms with Crippen LogP contribution in [-0.4, -0.2) is 92.9 Å². The number of nitrogens with zero attached hydrogens (tertiary/aromatic N) is 7. The minimum Gasteiger partial charge on any atom is -0.444 e. The van der Waals surface area contributed by atoms with E-state index in [0.717, 1.165) is 0 Å². The molecule has 2 amide bonds. The van der Waals surface area contributed by atoms with Crippen molar-refractivity contribution in [3.8, 4) is 0 Å². The fourth-order valence-electron chi connectivity index (χ4n) is 3.73. The van der Waals surface area contributed by atoms with Crippen LogP contribution in [0.3, 0.4) is 0 Å². The molecule has 174 valence electrons. The summed E-state index contributed by atoms with van der Waals surface area (Å²) in [5.41, 5.74) is 0.653. The quantitative estimate of drug-likeness (QED) is 0.627. The van der Waals surface area contributed by atoms with E-state index in [2.05, 4.69) is 14.9 Å². The average molecular weight is 466 g/mol. The number of hydrogen-bond donors (Lipinski definition) is 0. The fourth-order valence-corrected chi connectivity index (χ4v) is 3.89. The maximum absolute atomic E-state index is 12.7. The number of halogens is 1. The van der Waals surface area contributed by atoms with Crippen LogP contribution in [-0.2, 0) is 27.9 Å². The molecule has 0 radical (unpaired) electrons. The first kappa shape index (κ1) is 22.5. The van der Waals surface area contributed by atoms with Crippen LogP contribution in [0.2, 0.25) is 5.28 Å². The SMILES string of the molecule is Cn1c(CN2CCN(C(=O)OC(C)(C)C)CC2=O)nc2c(N3CCOCC3)nc(Cl)nc21. The Kier molecular flexibility index (Phi) is 6.13. The van der Waals surface area contributed by atoms with Crippen LogP contribution >= 0.6 is 11.6 Å². The van der Waals surface area contributed by atoms with E-state index >= 15 is 0 Å². The summed E-state index contributed by atoms with van der Waals surface area (Å²) in [6.07, 6.45) is -0.478. The molecule has 0 aromatic carbocycles. The summed E-state index contributed by atoms with van der Waals surface area (Å²) in [6.45, 7) is 9.08. The molecule has 2 aromatic rings. The number of morpholine rings is 1. The van der Waals surface area contributed by atoms with Crippen molar-refractivity contribution in [1.29, 1.82) is 0 Å². The monoisotopic (exact) mass is 465 g/mol. The van der Waals surface area contributed by atoms with Crippen molar-refractivity contribution in [3.63, 3.8) is 0 Å². The molecule has 0 bridgehead atoms. The van der Waals surface area contributed by atoms with E-state index in [1.54, 1.807) is 25.7 Å². The number of imidazole rings is 1. The molecular weight excluding hydrogens is 438 g/mol. The number of aromatic nitrogens is 4. The molecule has 2 aromatic heterocycles. The second-order valence-electron chi connectivity index (χ2n) is 8.89. The lowest BCUT2D eigenvalue weighted by Crippen LogP contribution is -2.53. The van der Waals surface area contributed by atoms with Gasteiger partial charge >= 0.3 is 6.09 Å². The first-order chi connectivity index (χ1) is 15.1. The van der Waals surface area contributed by atoms with Crippen LogP contribution in [0.5, 0.6) is 0 Å². The van der Waals surface area contributed by atoms with Gasteiger partial charge in [0.15, 0.2) is 17.0 Å². The van der Waals surface area contributed by atoms with Crippen LogP contribution in [0.25, 0.3) is 11.2 Å². The van der Waals surface area contributed by atoms with Crippen LogP contribution < -0.4 is 4.90 Å². The maximum Gasteiger partial charge on any atom is 0.410 e. The Morgan fingerprint density at radius 3 is 2.50 bits per heavy atom. The van der Waals surface area contributed by atoms with E-state index in [9.17, 15) is 9.59 Å². The molecule has 2 aliphatic rings. The number of ether oxygens (including phenoxy) is 2. The van der Waals surface area contributed by atoms with Crippen molar-refractivity contribution < 1.29 is 19.1 Å². The molecule has 2 fully saturated rings. The molecule has 0 atom stereocenters. The zero-order chi connectivity index (χ0) is 23.0. The van der Waals surface area contributed by atoms with E-state index < -0.39 is 11.7 Å². The van der Waals surface area contributed by atoms with Gasteiger partial charge in [-0.25, -0.2) is 9.78 Å². The van der Waals surface area contributed by atoms with Gasteiger partial charge in [0.25, 0.3) is 0 Å². The summed E-state index contributed by atoms with van der Waals surface area (Å²) in [7, 11) is 1.85. The molecule has 0 N–H and O–H groups in total. The van der Waals surface area contributed by atoms with Crippen LogP contribution in [0.1, 0.15) is 26.6 Å². The Morgan fingerprint density at radius 1 is 1.12 bits per heavy atom. The van der Waals surface area contributed by atoms with E-state index in [4.69, 9.17) is 26.1 Å². The summed E-state index contributed by atoms with van der Waals surface area (Å²) in [6, 6.07) is 0. The highest BCUT2D eigenvalue weighted by Crippen LogP contribution is 2.27. The van der Waals surface area contributed by atoms with Crippen molar-refractivity contribution in [2.24, 2.45) is 7.05 Å². The molecule has 2 aliphatic heterocycles. The molecule has 4 rings (SSSR count). The smallest absolute Gasteiger partial charge is 0.410 e. The average Bonchev–Trinajstić information content (AvgIpc) is 3.04. The largest absolute Gasteiger partial charge is 0.444 e. The number of carbonyl (C=O) groups excluding carboxylic acids is 2. The third-order valence-electron chi connectivity index (χ3n) is 5.38. The number of fused-ring (bicyclic) bond motifs is 1. The highest BCUT2D eigenvalue weighted by molar-refractivity contribution is 6.28. The molecule has 0 saturated carbocycles. The number of amides is 2. The van der Waals surface area contributed by atoms with Gasteiger partial charge in [-0.2, -0.15) is 9.97 Å². The van der Waals surface area contributed by atoms with Gasteiger partial charge in [-0.3, -0.25) is 9.69 Å². The summed E-state index contributed by atoms with van der Waals surface area (Å²) in [5.74, 6) is 1.18. The summed E-state index contributed by atoms with van der Waals surface area (Å²) in [5, 5.41) is 0.149. The van der Waals surface area contributed by atoms with Crippen molar-refractivity contribution in [2.45, 2.75) is 32.9 Å². The lowest BCUT2D eigenvalue weighted by molar-refractivity contribution is -0.136. The summed E-state index contributed by atoms with van der Waals surface area (Å²) < 4.78 is 12.6. The predicted molar refractivity (Wildman–Crippen MR) is 118 cm³/mol. The van der Waals surface area contributed by atoms with Gasteiger partial charge in [0.2, 0.25) is 11.2 Å². The Hall–Kier alpha value is -2.66. The van der Waals surface area contributed by atoms with Crippen LogP contribution in [0.4, 0.5) is 10.6 Å². The van der Waals surface area contributed by atoms with E-state index in [0.29, 0.717) is 68.7 Å². The standard InChI is InChI=1S/C20H28ClN7O4/c1-20(2,3)32-19(30)28-6-5-27(14(29)12-28)11-13-22-15-16(25(13)4)23-18(21)24-17(15)26-7-9-31-10-8-26/h5-12H2,1-4H3. The Morgan fingerprint density at radius 2 is 1.84 bits per heavy atom. The molecule has 0 spiro atoms. The van der Waals surface area contributed by atoms with Crippen molar-refractivity contribution >= 4 is 40.6 Å². The molecule has 32 heavy (non-hydrogen) atoms. The molecular formula is C20H28ClN7O4. The van der Waals surface area contributed by atoms with Gasteiger partial charge in [0.1, 0.15) is 18.0 Å². The molecule has 2 saturated heterocycles. The topological polar surface area (TPSA) is 106 Å². The Labute approximate surface area is 191 Å². The highest BCUT2D eigenvalue weighted by atomic mass is 35.5. The van der Waals surface area contributed by atoms with Gasteiger partial charge < -0.3 is 23.8 Å². The van der Waals surface area contributed by atoms with Crippen molar-refractivity contribution in [3.05, 3.63) is 11.1 Å². The van der Waals surface area contributed by atoms with Gasteiger partial charge in [0.05, 0.1) is 19.8 Å². The van der Waals surface area contributed by atoms with Gasteiger partial charge in [-0.05, 0) is 32.4 Å². The first-order valence-electron chi connectivity index (χ1n) is 10.6. The molecule has 0 aliphatic carbocycles. The maximum atomic E-state index is 12.7. The summed E-state index contributed by atoms with van der Waals surface area (Å²) >= 11 is 6.20. The number of piperazine rings is 1. The third-order valence-corrected chi connectivity index (χ3v) is 5.55. The van der Waals surface area contributed by atoms with Crippen molar-refractivity contribution in [2.75, 3.05) is 50.8 Å². The lowest BCUT2D eigenvalue weighted by Gasteiger charge is -2.35. The number of rotatable bonds is 3. The minimum absolute atomic E-state index is 0.0243. The van der Waals surface area contributed by atoms with Gasteiger partial charge in [-0.15, -0.1) is 0 Å². The molecule has 0 unspecified atom stereocenters. The van der Waals surface area contributed by atoms with Crippen LogP contribution in [0, 0.1) is 0 Å². The van der Waals surface area contributed by atoms with Gasteiger partial charge in [-0.1, -0.05) is 0 Å². The molecule has 12 heteroatoms. The van der Waals surface area contributed by atoms with Gasteiger partial charge in [0, 0.05) is 33.2 Å². The Bertz CT molecular complexity index is 1030. The van der Waals surface area contributed by atoms with E-state index in [1.807, 2.05) is 11.6 Å². The second kappa shape index (κ2) is 8.70. The highest BCUT2D eigenvalue weighted by Gasteiger charge is 2.31. The number of anilines is 1. The normalized spacial score (nSPS) is 17.9. The lowest BCUT2D eigenvalue weighted by atomic mass is 10.2. The number of carbonyl (C=O) groups is 2. The Balaban J connectivity index is 1.52. The van der Waals surface area contributed by atoms with E-state index in [1.165, 1.54) is 4.90 Å². The minimum atomic E-state index is -0.606. The zero-order valence-corrected chi connectivity index (χ0v) is 19.6. The van der Waals surface area contributed by atoms with Crippen molar-refractivity contribution in [1.82, 2.24) is 29.3 Å². The van der Waals surface area contributed by atoms with E-state index in [-0.39, 0.29) is 17.7 Å². The number of aryl methyl sites for hydroxylation is 1. The summed E-state index contributed by atoms with van der Waals surface area (Å²) in [4.78, 5) is 43.8. The van der Waals surface area contributed by atoms with Crippen LogP contribution in [0.15, 0.2) is 0 Å². The second-order valence-corrected chi connectivity index (χ2v) is 9.23. The molecule has 11 nitrogen and oxygen atoms in total. The fraction of sp³-hybridized carbons (Fsp3) is 0.650.